The number of halogens is 1. The third kappa shape index (κ3) is 3.43. The van der Waals surface area contributed by atoms with Gasteiger partial charge in [-0.2, -0.15) is 0 Å². The summed E-state index contributed by atoms with van der Waals surface area (Å²) in [6.45, 7) is 1.91. The summed E-state index contributed by atoms with van der Waals surface area (Å²) in [6.07, 6.45) is 1.12. The van der Waals surface area contributed by atoms with Crippen LogP contribution in [0.1, 0.15) is 15.9 Å². The quantitative estimate of drug-likeness (QED) is 0.747. The van der Waals surface area contributed by atoms with Gasteiger partial charge < -0.3 is 0 Å². The predicted octanol–water partition coefficient (Wildman–Crippen LogP) is 3.91. The van der Waals surface area contributed by atoms with E-state index in [2.05, 4.69) is 10.3 Å². The fraction of sp³-hybridized carbons (Fsp3) is 0.125. The Balaban J connectivity index is 1.86. The molecule has 8 heteroatoms. The molecule has 2 aromatic carbocycles. The average molecular weight is 381 g/mol. The molecular formula is C16H13ClN2O3S2. The van der Waals surface area contributed by atoms with Gasteiger partial charge in [0.05, 0.1) is 15.1 Å². The van der Waals surface area contributed by atoms with Gasteiger partial charge in [-0.05, 0) is 48.9 Å². The number of sulfone groups is 1. The van der Waals surface area contributed by atoms with Gasteiger partial charge in [0.2, 0.25) is 0 Å². The number of carbonyl (C=O) groups excluding carboxylic acids is 1. The average Bonchev–Trinajstić information content (AvgIpc) is 2.89. The van der Waals surface area contributed by atoms with Gasteiger partial charge >= 0.3 is 0 Å². The van der Waals surface area contributed by atoms with Crippen LogP contribution in [0.4, 0.5) is 5.13 Å². The van der Waals surface area contributed by atoms with Gasteiger partial charge in [0.25, 0.3) is 5.91 Å². The number of amides is 1. The number of rotatable bonds is 3. The Hall–Kier alpha value is -1.96. The lowest BCUT2D eigenvalue weighted by Gasteiger charge is -2.03. The van der Waals surface area contributed by atoms with Crippen molar-refractivity contribution in [2.75, 3.05) is 11.6 Å². The standard InChI is InChI=1S/C16H13ClN2O3S2/c1-9-7-11(17)8-13-14(9)18-16(23-13)19-15(20)10-3-5-12(6-4-10)24(2,21)22/h3-8H,1-2H3,(H,18,19,20). The van der Waals surface area contributed by atoms with Gasteiger partial charge in [0.15, 0.2) is 15.0 Å². The summed E-state index contributed by atoms with van der Waals surface area (Å²) >= 11 is 7.36. The molecule has 0 fully saturated rings. The van der Waals surface area contributed by atoms with E-state index in [1.807, 2.05) is 13.0 Å². The van der Waals surface area contributed by atoms with Crippen LogP contribution in [0.15, 0.2) is 41.3 Å². The highest BCUT2D eigenvalue weighted by molar-refractivity contribution is 7.90. The van der Waals surface area contributed by atoms with Gasteiger partial charge in [-0.1, -0.05) is 22.9 Å². The zero-order valence-corrected chi connectivity index (χ0v) is 15.2. The molecule has 0 atom stereocenters. The summed E-state index contributed by atoms with van der Waals surface area (Å²) in [5.74, 6) is -0.349. The smallest absolute Gasteiger partial charge is 0.257 e. The van der Waals surface area contributed by atoms with Crippen LogP contribution in [0, 0.1) is 6.92 Å². The van der Waals surface area contributed by atoms with Crippen molar-refractivity contribution < 1.29 is 13.2 Å². The Labute approximate surface area is 148 Å². The molecule has 0 saturated carbocycles. The van der Waals surface area contributed by atoms with Crippen molar-refractivity contribution in [1.82, 2.24) is 4.98 Å². The molecule has 5 nitrogen and oxygen atoms in total. The Bertz CT molecular complexity index is 1040. The van der Waals surface area contributed by atoms with Crippen molar-refractivity contribution >= 4 is 54.0 Å². The van der Waals surface area contributed by atoms with E-state index in [9.17, 15) is 13.2 Å². The second kappa shape index (κ2) is 6.16. The molecule has 0 saturated heterocycles. The number of aryl methyl sites for hydroxylation is 1. The van der Waals surface area contributed by atoms with E-state index >= 15 is 0 Å². The molecular weight excluding hydrogens is 368 g/mol. The Kier molecular flexibility index (Phi) is 4.33. The molecule has 1 aromatic heterocycles. The molecule has 0 aliphatic heterocycles. The maximum absolute atomic E-state index is 12.3. The van der Waals surface area contributed by atoms with Crippen molar-refractivity contribution in [3.8, 4) is 0 Å². The fourth-order valence-corrected chi connectivity index (χ4v) is 4.18. The normalized spacial score (nSPS) is 11.6. The lowest BCUT2D eigenvalue weighted by Crippen LogP contribution is -2.11. The molecule has 1 amide bonds. The van der Waals surface area contributed by atoms with Crippen LogP contribution in [-0.2, 0) is 9.84 Å². The van der Waals surface area contributed by atoms with E-state index in [0.29, 0.717) is 15.7 Å². The highest BCUT2D eigenvalue weighted by Crippen LogP contribution is 2.31. The van der Waals surface area contributed by atoms with Crippen LogP contribution >= 0.6 is 22.9 Å². The lowest BCUT2D eigenvalue weighted by atomic mass is 10.2. The number of hydrogen-bond acceptors (Lipinski definition) is 5. The molecule has 0 radical (unpaired) electrons. The first-order valence-corrected chi connectivity index (χ1v) is 10.0. The number of nitrogens with zero attached hydrogens (tertiary/aromatic N) is 1. The van der Waals surface area contributed by atoms with Crippen LogP contribution in [0.3, 0.4) is 0 Å². The number of thiazole rings is 1. The van der Waals surface area contributed by atoms with Crippen LogP contribution in [-0.4, -0.2) is 25.6 Å². The van der Waals surface area contributed by atoms with Gasteiger partial charge in [-0.3, -0.25) is 10.1 Å². The summed E-state index contributed by atoms with van der Waals surface area (Å²) in [4.78, 5) is 16.9. The number of benzene rings is 2. The lowest BCUT2D eigenvalue weighted by molar-refractivity contribution is 0.102. The topological polar surface area (TPSA) is 76.1 Å². The molecule has 24 heavy (non-hydrogen) atoms. The summed E-state index contributed by atoms with van der Waals surface area (Å²) < 4.78 is 23.8. The minimum Gasteiger partial charge on any atom is -0.298 e. The van der Waals surface area contributed by atoms with Crippen LogP contribution in [0.2, 0.25) is 5.02 Å². The number of fused-ring (bicyclic) bond motifs is 1. The second-order valence-corrected chi connectivity index (χ2v) is 8.82. The minimum atomic E-state index is -3.28. The monoisotopic (exact) mass is 380 g/mol. The van der Waals surface area contributed by atoms with E-state index in [1.165, 1.54) is 35.6 Å². The largest absolute Gasteiger partial charge is 0.298 e. The van der Waals surface area contributed by atoms with Crippen LogP contribution in [0.5, 0.6) is 0 Å². The zero-order valence-electron chi connectivity index (χ0n) is 12.8. The highest BCUT2D eigenvalue weighted by Gasteiger charge is 2.13. The van der Waals surface area contributed by atoms with Crippen LogP contribution < -0.4 is 5.32 Å². The number of hydrogen-bond donors (Lipinski definition) is 1. The van der Waals surface area contributed by atoms with Gasteiger partial charge in [-0.15, -0.1) is 0 Å². The Morgan fingerprint density at radius 3 is 2.50 bits per heavy atom. The molecule has 1 heterocycles. The van der Waals surface area contributed by atoms with E-state index in [-0.39, 0.29) is 10.8 Å². The van der Waals surface area contributed by atoms with Crippen molar-refractivity contribution in [1.29, 1.82) is 0 Å². The van der Waals surface area contributed by atoms with Gasteiger partial charge in [0.1, 0.15) is 0 Å². The third-order valence-electron chi connectivity index (χ3n) is 3.42. The Morgan fingerprint density at radius 1 is 1.21 bits per heavy atom. The summed E-state index contributed by atoms with van der Waals surface area (Å²) in [6, 6.07) is 9.39. The van der Waals surface area contributed by atoms with Crippen molar-refractivity contribution in [3.05, 3.63) is 52.5 Å². The number of anilines is 1. The highest BCUT2D eigenvalue weighted by atomic mass is 35.5. The van der Waals surface area contributed by atoms with Crippen molar-refractivity contribution in [2.45, 2.75) is 11.8 Å². The van der Waals surface area contributed by atoms with E-state index < -0.39 is 9.84 Å². The maximum atomic E-state index is 12.3. The maximum Gasteiger partial charge on any atom is 0.257 e. The zero-order chi connectivity index (χ0) is 17.5. The van der Waals surface area contributed by atoms with Crippen molar-refractivity contribution in [2.24, 2.45) is 0 Å². The molecule has 0 spiro atoms. The predicted molar refractivity (Wildman–Crippen MR) is 96.9 cm³/mol. The SMILES string of the molecule is Cc1cc(Cl)cc2sc(NC(=O)c3ccc(S(C)(=O)=O)cc3)nc12. The third-order valence-corrected chi connectivity index (χ3v) is 5.68. The molecule has 1 N–H and O–H groups in total. The molecule has 0 aliphatic rings. The number of aromatic nitrogens is 1. The summed E-state index contributed by atoms with van der Waals surface area (Å²) in [5, 5.41) is 3.82. The summed E-state index contributed by atoms with van der Waals surface area (Å²) in [5.41, 5.74) is 2.09. The molecule has 0 bridgehead atoms. The molecule has 0 unspecified atom stereocenters. The first-order valence-electron chi connectivity index (χ1n) is 6.92. The Morgan fingerprint density at radius 2 is 1.88 bits per heavy atom. The summed E-state index contributed by atoms with van der Waals surface area (Å²) in [7, 11) is -3.28. The molecule has 124 valence electrons. The van der Waals surface area contributed by atoms with E-state index in [4.69, 9.17) is 11.6 Å². The first-order chi connectivity index (χ1) is 11.2. The molecule has 0 aliphatic carbocycles. The molecule has 3 rings (SSSR count). The fourth-order valence-electron chi connectivity index (χ4n) is 2.23. The van der Waals surface area contributed by atoms with E-state index in [0.717, 1.165) is 22.0 Å². The van der Waals surface area contributed by atoms with Gasteiger partial charge in [-0.25, -0.2) is 13.4 Å². The van der Waals surface area contributed by atoms with Crippen LogP contribution in [0.25, 0.3) is 10.2 Å². The first kappa shape index (κ1) is 16.9. The second-order valence-electron chi connectivity index (χ2n) is 5.34. The van der Waals surface area contributed by atoms with Gasteiger partial charge in [0, 0.05) is 16.8 Å². The minimum absolute atomic E-state index is 0.171. The van der Waals surface area contributed by atoms with Crippen molar-refractivity contribution in [3.63, 3.8) is 0 Å². The van der Waals surface area contributed by atoms with E-state index in [1.54, 1.807) is 6.07 Å². The number of carbonyl (C=O) groups is 1. The molecule has 3 aromatic rings. The number of nitrogens with one attached hydrogen (secondary N) is 1.